The minimum Gasteiger partial charge on any atom is -0.370 e. The Bertz CT molecular complexity index is 774. The molecule has 0 aliphatic carbocycles. The van der Waals surface area contributed by atoms with E-state index in [1.165, 1.54) is 5.56 Å². The molecule has 1 fully saturated rings. The second-order valence-corrected chi connectivity index (χ2v) is 6.58. The third-order valence-electron chi connectivity index (χ3n) is 4.49. The Morgan fingerprint density at radius 3 is 2.84 bits per heavy atom. The molecule has 2 aromatic rings. The van der Waals surface area contributed by atoms with Crippen LogP contribution in [-0.2, 0) is 4.79 Å². The highest BCUT2D eigenvalue weighted by molar-refractivity contribution is 5.78. The zero-order valence-corrected chi connectivity index (χ0v) is 14.9. The lowest BCUT2D eigenvalue weighted by atomic mass is 10.0. The maximum atomic E-state index is 11.6. The molecule has 3 N–H and O–H groups in total. The van der Waals surface area contributed by atoms with Crippen molar-refractivity contribution in [2.45, 2.75) is 33.1 Å². The van der Waals surface area contributed by atoms with Crippen molar-refractivity contribution >= 4 is 17.7 Å². The number of carbonyl (C=O) groups is 1. The van der Waals surface area contributed by atoms with Gasteiger partial charge in [-0.2, -0.15) is 4.98 Å². The number of nitrogens with zero attached hydrogens (tertiary/aromatic N) is 3. The molecule has 0 radical (unpaired) electrons. The summed E-state index contributed by atoms with van der Waals surface area (Å²) in [5, 5.41) is 3.30. The first-order valence-corrected chi connectivity index (χ1v) is 8.77. The first-order valence-electron chi connectivity index (χ1n) is 8.77. The summed E-state index contributed by atoms with van der Waals surface area (Å²) in [5.74, 6) is 1.25. The van der Waals surface area contributed by atoms with Gasteiger partial charge in [-0.15, -0.1) is 0 Å². The van der Waals surface area contributed by atoms with Crippen molar-refractivity contribution in [2.75, 3.05) is 30.7 Å². The number of rotatable bonds is 6. The van der Waals surface area contributed by atoms with Crippen LogP contribution in [-0.4, -0.2) is 40.4 Å². The summed E-state index contributed by atoms with van der Waals surface area (Å²) < 4.78 is 0. The Balaban J connectivity index is 1.65. The molecule has 1 aliphatic rings. The third kappa shape index (κ3) is 4.26. The molecule has 1 aromatic heterocycles. The van der Waals surface area contributed by atoms with Gasteiger partial charge in [0.05, 0.1) is 5.69 Å². The standard InChI is InChI=1S/C19H25N5O/c1-13-6-7-14(2)15(11-13)16-12-17(23-19(20)22-16)21-8-4-10-24-9-3-5-18(24)25/h6-7,11-12H,3-5,8-10H2,1-2H3,(H3,20,21,22,23). The maximum absolute atomic E-state index is 11.6. The molecule has 0 spiro atoms. The fraction of sp³-hybridized carbons (Fsp3) is 0.421. The van der Waals surface area contributed by atoms with Crippen LogP contribution in [0.4, 0.5) is 11.8 Å². The number of carbonyl (C=O) groups excluding carboxylic acids is 1. The van der Waals surface area contributed by atoms with Gasteiger partial charge in [0.15, 0.2) is 0 Å². The molecular weight excluding hydrogens is 314 g/mol. The van der Waals surface area contributed by atoms with E-state index in [1.807, 2.05) is 11.0 Å². The SMILES string of the molecule is Cc1ccc(C)c(-c2cc(NCCCN3CCCC3=O)nc(N)n2)c1. The average Bonchev–Trinajstić information content (AvgIpc) is 2.98. The zero-order valence-electron chi connectivity index (χ0n) is 14.9. The van der Waals surface area contributed by atoms with Crippen molar-refractivity contribution in [2.24, 2.45) is 0 Å². The van der Waals surface area contributed by atoms with Crippen LogP contribution in [0.15, 0.2) is 24.3 Å². The predicted octanol–water partition coefficient (Wildman–Crippen LogP) is 2.77. The lowest BCUT2D eigenvalue weighted by Crippen LogP contribution is -2.27. The zero-order chi connectivity index (χ0) is 17.8. The molecule has 1 saturated heterocycles. The number of hydrogen-bond donors (Lipinski definition) is 2. The van der Waals surface area contributed by atoms with Crippen molar-refractivity contribution in [3.63, 3.8) is 0 Å². The molecule has 0 atom stereocenters. The fourth-order valence-electron chi connectivity index (χ4n) is 3.13. The molecule has 0 saturated carbocycles. The van der Waals surface area contributed by atoms with Gasteiger partial charge in [-0.3, -0.25) is 4.79 Å². The Labute approximate surface area is 148 Å². The van der Waals surface area contributed by atoms with Crippen LogP contribution in [0, 0.1) is 13.8 Å². The number of hydrogen-bond acceptors (Lipinski definition) is 5. The number of aromatic nitrogens is 2. The van der Waals surface area contributed by atoms with Crippen LogP contribution >= 0.6 is 0 Å². The van der Waals surface area contributed by atoms with E-state index in [9.17, 15) is 4.79 Å². The van der Waals surface area contributed by atoms with Gasteiger partial charge >= 0.3 is 0 Å². The van der Waals surface area contributed by atoms with Crippen LogP contribution in [0.5, 0.6) is 0 Å². The van der Waals surface area contributed by atoms with Gasteiger partial charge in [-0.1, -0.05) is 17.7 Å². The lowest BCUT2D eigenvalue weighted by molar-refractivity contribution is -0.127. The molecule has 1 amide bonds. The number of amides is 1. The molecule has 0 bridgehead atoms. The Morgan fingerprint density at radius 1 is 1.24 bits per heavy atom. The molecule has 3 rings (SSSR count). The number of nitrogens with two attached hydrogens (primary N) is 1. The van der Waals surface area contributed by atoms with Crippen molar-refractivity contribution < 1.29 is 4.79 Å². The third-order valence-corrected chi connectivity index (χ3v) is 4.49. The second-order valence-electron chi connectivity index (χ2n) is 6.58. The highest BCUT2D eigenvalue weighted by Gasteiger charge is 2.18. The monoisotopic (exact) mass is 339 g/mol. The highest BCUT2D eigenvalue weighted by Crippen LogP contribution is 2.25. The molecule has 132 valence electrons. The van der Waals surface area contributed by atoms with Gasteiger partial charge in [0.25, 0.3) is 0 Å². The summed E-state index contributed by atoms with van der Waals surface area (Å²) in [5.41, 5.74) is 10.1. The van der Waals surface area contributed by atoms with Crippen molar-refractivity contribution in [3.05, 3.63) is 35.4 Å². The normalized spacial score (nSPS) is 14.2. The Morgan fingerprint density at radius 2 is 2.08 bits per heavy atom. The van der Waals surface area contributed by atoms with E-state index in [1.54, 1.807) is 0 Å². The topological polar surface area (TPSA) is 84.1 Å². The van der Waals surface area contributed by atoms with Gasteiger partial charge in [-0.25, -0.2) is 4.98 Å². The minimum atomic E-state index is 0.260. The number of likely N-dealkylation sites (tertiary alicyclic amines) is 1. The van der Waals surface area contributed by atoms with Crippen molar-refractivity contribution in [1.82, 2.24) is 14.9 Å². The predicted molar refractivity (Wildman–Crippen MR) is 100 cm³/mol. The molecule has 6 heteroatoms. The first-order chi connectivity index (χ1) is 12.0. The van der Waals surface area contributed by atoms with Gasteiger partial charge in [0.1, 0.15) is 5.82 Å². The lowest BCUT2D eigenvalue weighted by Gasteiger charge is -2.15. The number of benzene rings is 1. The first kappa shape index (κ1) is 17.2. The van der Waals surface area contributed by atoms with Gasteiger partial charge < -0.3 is 16.0 Å². The highest BCUT2D eigenvalue weighted by atomic mass is 16.2. The van der Waals surface area contributed by atoms with Crippen LogP contribution < -0.4 is 11.1 Å². The van der Waals surface area contributed by atoms with Crippen LogP contribution in [0.2, 0.25) is 0 Å². The quantitative estimate of drug-likeness (QED) is 0.791. The average molecular weight is 339 g/mol. The molecule has 1 aliphatic heterocycles. The number of aryl methyl sites for hydroxylation is 2. The summed E-state index contributed by atoms with van der Waals surface area (Å²) in [6, 6.07) is 8.21. The number of nitrogen functional groups attached to an aromatic ring is 1. The van der Waals surface area contributed by atoms with E-state index in [2.05, 4.69) is 47.3 Å². The Kier molecular flexibility index (Phi) is 5.16. The molecule has 2 heterocycles. The number of nitrogens with one attached hydrogen (secondary N) is 1. The summed E-state index contributed by atoms with van der Waals surface area (Å²) in [4.78, 5) is 22.2. The Hall–Kier alpha value is -2.63. The van der Waals surface area contributed by atoms with Gasteiger partial charge in [0, 0.05) is 37.7 Å². The number of anilines is 2. The van der Waals surface area contributed by atoms with Gasteiger partial charge in [0.2, 0.25) is 11.9 Å². The van der Waals surface area contributed by atoms with E-state index in [0.29, 0.717) is 6.42 Å². The largest absolute Gasteiger partial charge is 0.370 e. The van der Waals surface area contributed by atoms with Gasteiger partial charge in [-0.05, 0) is 38.3 Å². The van der Waals surface area contributed by atoms with E-state index >= 15 is 0 Å². The summed E-state index contributed by atoms with van der Waals surface area (Å²) in [7, 11) is 0. The minimum absolute atomic E-state index is 0.260. The van der Waals surface area contributed by atoms with Crippen molar-refractivity contribution in [3.8, 4) is 11.3 Å². The molecule has 6 nitrogen and oxygen atoms in total. The summed E-state index contributed by atoms with van der Waals surface area (Å²) in [6.45, 7) is 6.54. The van der Waals surface area contributed by atoms with Crippen molar-refractivity contribution in [1.29, 1.82) is 0 Å². The van der Waals surface area contributed by atoms with Crippen LogP contribution in [0.3, 0.4) is 0 Å². The molecule has 1 aromatic carbocycles. The molecule has 0 unspecified atom stereocenters. The fourth-order valence-corrected chi connectivity index (χ4v) is 3.13. The summed E-state index contributed by atoms with van der Waals surface area (Å²) >= 11 is 0. The van der Waals surface area contributed by atoms with E-state index in [0.717, 1.165) is 55.1 Å². The second kappa shape index (κ2) is 7.51. The van der Waals surface area contributed by atoms with Crippen LogP contribution in [0.25, 0.3) is 11.3 Å². The summed E-state index contributed by atoms with van der Waals surface area (Å²) in [6.07, 6.45) is 2.55. The van der Waals surface area contributed by atoms with E-state index in [-0.39, 0.29) is 11.9 Å². The van der Waals surface area contributed by atoms with E-state index in [4.69, 9.17) is 5.73 Å². The molecule has 25 heavy (non-hydrogen) atoms. The smallest absolute Gasteiger partial charge is 0.222 e. The van der Waals surface area contributed by atoms with Crippen LogP contribution in [0.1, 0.15) is 30.4 Å². The molecular formula is C19H25N5O. The maximum Gasteiger partial charge on any atom is 0.222 e. The van der Waals surface area contributed by atoms with E-state index < -0.39 is 0 Å².